The van der Waals surface area contributed by atoms with E-state index >= 15 is 0 Å². The van der Waals surface area contributed by atoms with Gasteiger partial charge < -0.3 is 14.6 Å². The molecule has 1 heterocycles. The van der Waals surface area contributed by atoms with E-state index in [1.54, 1.807) is 7.11 Å². The minimum absolute atomic E-state index is 0.212. The topological polar surface area (TPSA) is 38.7 Å². The van der Waals surface area contributed by atoms with Crippen molar-refractivity contribution in [1.29, 1.82) is 0 Å². The first-order chi connectivity index (χ1) is 9.69. The van der Waals surface area contributed by atoms with Gasteiger partial charge in [-0.1, -0.05) is 24.3 Å². The predicted octanol–water partition coefficient (Wildman–Crippen LogP) is 3.10. The lowest BCUT2D eigenvalue weighted by atomic mass is 9.98. The van der Waals surface area contributed by atoms with Crippen molar-refractivity contribution >= 4 is 0 Å². The van der Waals surface area contributed by atoms with Crippen molar-refractivity contribution < 1.29 is 14.6 Å². The smallest absolute Gasteiger partial charge is 0.125 e. The lowest BCUT2D eigenvalue weighted by Gasteiger charge is -2.15. The molecule has 3 heteroatoms. The number of aliphatic hydroxyl groups excluding tert-OH is 1. The number of hydrogen-bond acceptors (Lipinski definition) is 3. The van der Waals surface area contributed by atoms with Crippen molar-refractivity contribution in [3.8, 4) is 11.5 Å². The SMILES string of the molecule is COc1ccccc1C(O)c1ccc2c(c1)CC(C)O2. The molecule has 0 aliphatic carbocycles. The van der Waals surface area contributed by atoms with E-state index in [2.05, 4.69) is 6.92 Å². The molecule has 2 aromatic rings. The Labute approximate surface area is 118 Å². The summed E-state index contributed by atoms with van der Waals surface area (Å²) in [4.78, 5) is 0. The van der Waals surface area contributed by atoms with Crippen molar-refractivity contribution in [1.82, 2.24) is 0 Å². The van der Waals surface area contributed by atoms with Crippen molar-refractivity contribution in [2.75, 3.05) is 7.11 Å². The molecule has 2 atom stereocenters. The Bertz CT molecular complexity index is 621. The molecule has 0 radical (unpaired) electrons. The minimum Gasteiger partial charge on any atom is -0.496 e. The number of aliphatic hydroxyl groups is 1. The predicted molar refractivity (Wildman–Crippen MR) is 77.3 cm³/mol. The van der Waals surface area contributed by atoms with Crippen LogP contribution >= 0.6 is 0 Å². The molecule has 3 rings (SSSR count). The number of benzene rings is 2. The summed E-state index contributed by atoms with van der Waals surface area (Å²) in [6.07, 6.45) is 0.415. The van der Waals surface area contributed by atoms with Gasteiger partial charge in [0.05, 0.1) is 7.11 Å². The molecule has 0 saturated heterocycles. The number of methoxy groups -OCH3 is 1. The molecule has 0 saturated carbocycles. The van der Waals surface area contributed by atoms with Gasteiger partial charge in [0.2, 0.25) is 0 Å². The lowest BCUT2D eigenvalue weighted by molar-refractivity contribution is 0.214. The summed E-state index contributed by atoms with van der Waals surface area (Å²) < 4.78 is 11.0. The summed E-state index contributed by atoms with van der Waals surface area (Å²) in [5.74, 6) is 1.62. The maximum atomic E-state index is 10.6. The molecule has 104 valence electrons. The number of ether oxygens (including phenoxy) is 2. The van der Waals surface area contributed by atoms with Crippen molar-refractivity contribution in [2.45, 2.75) is 25.6 Å². The molecule has 2 aromatic carbocycles. The average Bonchev–Trinajstić information content (AvgIpc) is 2.85. The molecule has 1 aliphatic heterocycles. The Kier molecular flexibility index (Phi) is 3.36. The van der Waals surface area contributed by atoms with Crippen LogP contribution in [0.5, 0.6) is 11.5 Å². The van der Waals surface area contributed by atoms with Crippen LogP contribution in [0, 0.1) is 0 Å². The number of para-hydroxylation sites is 1. The zero-order valence-corrected chi connectivity index (χ0v) is 11.7. The average molecular weight is 270 g/mol. The molecule has 1 N–H and O–H groups in total. The highest BCUT2D eigenvalue weighted by Gasteiger charge is 2.22. The Hall–Kier alpha value is -2.00. The third-order valence-corrected chi connectivity index (χ3v) is 3.67. The fourth-order valence-corrected chi connectivity index (χ4v) is 2.68. The zero-order valence-electron chi connectivity index (χ0n) is 11.7. The summed E-state index contributed by atoms with van der Waals surface area (Å²) >= 11 is 0. The summed E-state index contributed by atoms with van der Waals surface area (Å²) in [5, 5.41) is 10.6. The summed E-state index contributed by atoms with van der Waals surface area (Å²) in [6.45, 7) is 2.05. The third kappa shape index (κ3) is 2.25. The van der Waals surface area contributed by atoms with Gasteiger partial charge in [0, 0.05) is 12.0 Å². The van der Waals surface area contributed by atoms with E-state index in [0.29, 0.717) is 5.75 Å². The van der Waals surface area contributed by atoms with E-state index in [4.69, 9.17) is 9.47 Å². The molecule has 0 amide bonds. The largest absolute Gasteiger partial charge is 0.496 e. The summed E-state index contributed by atoms with van der Waals surface area (Å²) in [6, 6.07) is 13.4. The molecular formula is C17H18O3. The van der Waals surface area contributed by atoms with Crippen LogP contribution in [-0.4, -0.2) is 18.3 Å². The van der Waals surface area contributed by atoms with Gasteiger partial charge in [-0.25, -0.2) is 0 Å². The molecule has 20 heavy (non-hydrogen) atoms. The van der Waals surface area contributed by atoms with E-state index in [-0.39, 0.29) is 6.10 Å². The van der Waals surface area contributed by atoms with Crippen LogP contribution < -0.4 is 9.47 Å². The fourth-order valence-electron chi connectivity index (χ4n) is 2.68. The second-order valence-corrected chi connectivity index (χ2v) is 5.14. The molecule has 3 nitrogen and oxygen atoms in total. The minimum atomic E-state index is -0.688. The second-order valence-electron chi connectivity index (χ2n) is 5.14. The first-order valence-corrected chi connectivity index (χ1v) is 6.79. The summed E-state index contributed by atoms with van der Waals surface area (Å²) in [5.41, 5.74) is 2.80. The fraction of sp³-hybridized carbons (Fsp3) is 0.294. The highest BCUT2D eigenvalue weighted by Crippen LogP contribution is 2.35. The Balaban J connectivity index is 1.95. The van der Waals surface area contributed by atoms with Gasteiger partial charge in [-0.2, -0.15) is 0 Å². The molecule has 0 spiro atoms. The second kappa shape index (κ2) is 5.17. The monoisotopic (exact) mass is 270 g/mol. The van der Waals surface area contributed by atoms with Crippen LogP contribution in [0.4, 0.5) is 0 Å². The van der Waals surface area contributed by atoms with Crippen LogP contribution in [0.2, 0.25) is 0 Å². The molecule has 0 fully saturated rings. The number of hydrogen-bond donors (Lipinski definition) is 1. The highest BCUT2D eigenvalue weighted by atomic mass is 16.5. The van der Waals surface area contributed by atoms with Gasteiger partial charge in [-0.3, -0.25) is 0 Å². The molecule has 2 unspecified atom stereocenters. The van der Waals surface area contributed by atoms with Crippen LogP contribution in [0.15, 0.2) is 42.5 Å². The Morgan fingerprint density at radius 1 is 1.25 bits per heavy atom. The van der Waals surface area contributed by atoms with E-state index in [1.807, 2.05) is 42.5 Å². The maximum absolute atomic E-state index is 10.6. The molecule has 0 aromatic heterocycles. The quantitative estimate of drug-likeness (QED) is 0.931. The van der Waals surface area contributed by atoms with E-state index in [1.165, 1.54) is 0 Å². The molecule has 0 bridgehead atoms. The van der Waals surface area contributed by atoms with Crippen molar-refractivity contribution in [3.05, 3.63) is 59.2 Å². The van der Waals surface area contributed by atoms with Gasteiger partial charge in [-0.15, -0.1) is 0 Å². The van der Waals surface area contributed by atoms with Gasteiger partial charge >= 0.3 is 0 Å². The standard InChI is InChI=1S/C17H18O3/c1-11-9-13-10-12(7-8-15(13)20-11)17(18)14-5-3-4-6-16(14)19-2/h3-8,10-11,17-18H,9H2,1-2H3. The maximum Gasteiger partial charge on any atom is 0.125 e. The van der Waals surface area contributed by atoms with Crippen molar-refractivity contribution in [3.63, 3.8) is 0 Å². The molecular weight excluding hydrogens is 252 g/mol. The Morgan fingerprint density at radius 2 is 2.05 bits per heavy atom. The Morgan fingerprint density at radius 3 is 2.85 bits per heavy atom. The zero-order chi connectivity index (χ0) is 14.1. The third-order valence-electron chi connectivity index (χ3n) is 3.67. The normalized spacial score (nSPS) is 18.2. The van der Waals surface area contributed by atoms with Gasteiger partial charge in [-0.05, 0) is 36.2 Å². The summed E-state index contributed by atoms with van der Waals surface area (Å²) in [7, 11) is 1.61. The molecule has 1 aliphatic rings. The first-order valence-electron chi connectivity index (χ1n) is 6.79. The van der Waals surface area contributed by atoms with Gasteiger partial charge in [0.1, 0.15) is 23.7 Å². The highest BCUT2D eigenvalue weighted by molar-refractivity contribution is 5.45. The van der Waals surface area contributed by atoms with Crippen LogP contribution in [0.3, 0.4) is 0 Å². The van der Waals surface area contributed by atoms with Gasteiger partial charge in [0.25, 0.3) is 0 Å². The number of fused-ring (bicyclic) bond motifs is 1. The lowest BCUT2D eigenvalue weighted by Crippen LogP contribution is -2.05. The van der Waals surface area contributed by atoms with Crippen molar-refractivity contribution in [2.24, 2.45) is 0 Å². The van der Waals surface area contributed by atoms with E-state index in [9.17, 15) is 5.11 Å². The van der Waals surface area contributed by atoms with E-state index in [0.717, 1.165) is 28.9 Å². The first kappa shape index (κ1) is 13.0. The van der Waals surface area contributed by atoms with Crippen LogP contribution in [0.1, 0.15) is 29.7 Å². The van der Waals surface area contributed by atoms with E-state index < -0.39 is 6.10 Å². The van der Waals surface area contributed by atoms with Crippen LogP contribution in [-0.2, 0) is 6.42 Å². The number of rotatable bonds is 3. The van der Waals surface area contributed by atoms with Crippen LogP contribution in [0.25, 0.3) is 0 Å². The van der Waals surface area contributed by atoms with Gasteiger partial charge in [0.15, 0.2) is 0 Å².